The highest BCUT2D eigenvalue weighted by Gasteiger charge is 2.01. The second kappa shape index (κ2) is 7.63. The van der Waals surface area contributed by atoms with Gasteiger partial charge in [-0.25, -0.2) is 0 Å². The van der Waals surface area contributed by atoms with Crippen LogP contribution in [0.15, 0.2) is 0 Å². The van der Waals surface area contributed by atoms with E-state index in [4.69, 9.17) is 0 Å². The van der Waals surface area contributed by atoms with Gasteiger partial charge in [0, 0.05) is 7.11 Å². The first kappa shape index (κ1) is 15.9. The van der Waals surface area contributed by atoms with E-state index < -0.39 is 0 Å². The summed E-state index contributed by atoms with van der Waals surface area (Å²) in [7, 11) is 1.52. The highest BCUT2D eigenvalue weighted by molar-refractivity contribution is 5.79. The monoisotopic (exact) mass is 134 g/mol. The second-order valence-corrected chi connectivity index (χ2v) is 1.49. The van der Waals surface area contributed by atoms with Gasteiger partial charge in [-0.15, -0.1) is 0 Å². The van der Waals surface area contributed by atoms with E-state index in [9.17, 15) is 4.79 Å². The fourth-order valence-corrected chi connectivity index (χ4v) is 0.166. The van der Waals surface area contributed by atoms with Crippen molar-refractivity contribution < 1.29 is 9.53 Å². The van der Waals surface area contributed by atoms with Crippen LogP contribution in [-0.4, -0.2) is 19.0 Å². The first-order valence-electron chi connectivity index (χ1n) is 2.21. The van der Waals surface area contributed by atoms with Crippen molar-refractivity contribution >= 4 is 5.78 Å². The van der Waals surface area contributed by atoms with E-state index in [0.717, 1.165) is 0 Å². The molecule has 1 atom stereocenters. The molecule has 0 N–H and O–H groups in total. The van der Waals surface area contributed by atoms with Crippen molar-refractivity contribution in [1.82, 2.24) is 0 Å². The van der Waals surface area contributed by atoms with Crippen LogP contribution in [0.3, 0.4) is 0 Å². The van der Waals surface area contributed by atoms with E-state index in [1.54, 1.807) is 6.92 Å². The summed E-state index contributed by atoms with van der Waals surface area (Å²) < 4.78 is 4.66. The fourth-order valence-electron chi connectivity index (χ4n) is 0.166. The van der Waals surface area contributed by atoms with Crippen LogP contribution in [0, 0.1) is 0 Å². The molecule has 0 aliphatic carbocycles. The maximum absolute atomic E-state index is 10.2. The predicted octanol–water partition coefficient (Wildman–Crippen LogP) is 1.88. The third-order valence-corrected chi connectivity index (χ3v) is 0.926. The van der Waals surface area contributed by atoms with Crippen molar-refractivity contribution in [3.63, 3.8) is 0 Å². The molecule has 0 aliphatic heterocycles. The smallest absolute Gasteiger partial charge is 0.158 e. The van der Waals surface area contributed by atoms with Gasteiger partial charge in [0.25, 0.3) is 0 Å². The maximum atomic E-state index is 10.2. The number of hydrogen-bond donors (Lipinski definition) is 0. The maximum Gasteiger partial charge on any atom is 0.158 e. The number of rotatable bonds is 2. The molecule has 0 aromatic rings. The quantitative estimate of drug-likeness (QED) is 0.576. The SMILES string of the molecule is C.C.COC(C)C(C)=O. The molecule has 0 rings (SSSR count). The van der Waals surface area contributed by atoms with Crippen molar-refractivity contribution in [3.05, 3.63) is 0 Å². The number of ether oxygens (including phenoxy) is 1. The summed E-state index contributed by atoms with van der Waals surface area (Å²) in [5.41, 5.74) is 0. The van der Waals surface area contributed by atoms with Crippen molar-refractivity contribution in [3.8, 4) is 0 Å². The third kappa shape index (κ3) is 7.63. The van der Waals surface area contributed by atoms with Crippen LogP contribution in [0.5, 0.6) is 0 Å². The molecule has 0 aromatic carbocycles. The Bertz CT molecular complexity index is 69.3. The predicted molar refractivity (Wildman–Crippen MR) is 40.6 cm³/mol. The van der Waals surface area contributed by atoms with Gasteiger partial charge >= 0.3 is 0 Å². The van der Waals surface area contributed by atoms with E-state index in [-0.39, 0.29) is 26.7 Å². The Morgan fingerprint density at radius 1 is 1.44 bits per heavy atom. The lowest BCUT2D eigenvalue weighted by Gasteiger charge is -2.00. The Morgan fingerprint density at radius 3 is 1.78 bits per heavy atom. The molecule has 1 unspecified atom stereocenters. The molecule has 9 heavy (non-hydrogen) atoms. The summed E-state index contributed by atoms with van der Waals surface area (Å²) in [5, 5.41) is 0. The number of carbonyl (C=O) groups excluding carboxylic acids is 1. The summed E-state index contributed by atoms with van der Waals surface area (Å²) in [6, 6.07) is 0. The molecule has 58 valence electrons. The minimum Gasteiger partial charge on any atom is -0.374 e. The molecular formula is C7H18O2. The Labute approximate surface area is 58.2 Å². The largest absolute Gasteiger partial charge is 0.374 e. The second-order valence-electron chi connectivity index (χ2n) is 1.49. The summed E-state index contributed by atoms with van der Waals surface area (Å²) >= 11 is 0. The molecule has 0 aliphatic rings. The van der Waals surface area contributed by atoms with Gasteiger partial charge in [0.05, 0.1) is 0 Å². The molecule has 0 spiro atoms. The molecular weight excluding hydrogens is 116 g/mol. The minimum atomic E-state index is -0.236. The highest BCUT2D eigenvalue weighted by atomic mass is 16.5. The van der Waals surface area contributed by atoms with Crippen molar-refractivity contribution in [2.75, 3.05) is 7.11 Å². The van der Waals surface area contributed by atoms with Crippen LogP contribution in [0.25, 0.3) is 0 Å². The molecule has 2 nitrogen and oxygen atoms in total. The third-order valence-electron chi connectivity index (χ3n) is 0.926. The van der Waals surface area contributed by atoms with Gasteiger partial charge in [0.15, 0.2) is 5.78 Å². The Morgan fingerprint density at radius 2 is 1.78 bits per heavy atom. The minimum absolute atomic E-state index is 0. The van der Waals surface area contributed by atoms with Crippen molar-refractivity contribution in [2.45, 2.75) is 34.8 Å². The van der Waals surface area contributed by atoms with Gasteiger partial charge in [0.1, 0.15) is 6.10 Å². The average molecular weight is 134 g/mol. The molecule has 0 saturated carbocycles. The fraction of sp³-hybridized carbons (Fsp3) is 0.857. The van der Waals surface area contributed by atoms with Crippen LogP contribution >= 0.6 is 0 Å². The van der Waals surface area contributed by atoms with Crippen molar-refractivity contribution in [2.24, 2.45) is 0 Å². The first-order chi connectivity index (χ1) is 3.18. The zero-order chi connectivity index (χ0) is 5.86. The van der Waals surface area contributed by atoms with Gasteiger partial charge in [-0.1, -0.05) is 14.9 Å². The van der Waals surface area contributed by atoms with E-state index in [0.29, 0.717) is 0 Å². The summed E-state index contributed by atoms with van der Waals surface area (Å²) in [6.45, 7) is 3.23. The van der Waals surface area contributed by atoms with Crippen LogP contribution in [0.4, 0.5) is 0 Å². The number of carbonyl (C=O) groups is 1. The number of hydrogen-bond acceptors (Lipinski definition) is 2. The lowest BCUT2D eigenvalue weighted by atomic mass is 10.3. The van der Waals surface area contributed by atoms with Gasteiger partial charge in [0.2, 0.25) is 0 Å². The first-order valence-corrected chi connectivity index (χ1v) is 2.21. The normalized spacial score (nSPS) is 10.6. The topological polar surface area (TPSA) is 26.3 Å². The number of Topliss-reactive ketones (excluding diaryl/α,β-unsaturated/α-hetero) is 1. The zero-order valence-electron chi connectivity index (χ0n) is 4.89. The van der Waals surface area contributed by atoms with Crippen LogP contribution in [0.1, 0.15) is 28.7 Å². The highest BCUT2D eigenvalue weighted by Crippen LogP contribution is 1.85. The lowest BCUT2D eigenvalue weighted by Crippen LogP contribution is -2.14. The standard InChI is InChI=1S/C5H10O2.2CH4/c1-4(6)5(2)7-3;;/h5H,1-3H3;2*1H4. The zero-order valence-corrected chi connectivity index (χ0v) is 4.89. The van der Waals surface area contributed by atoms with Crippen LogP contribution < -0.4 is 0 Å². The van der Waals surface area contributed by atoms with Crippen molar-refractivity contribution in [1.29, 1.82) is 0 Å². The summed E-state index contributed by atoms with van der Waals surface area (Å²) in [4.78, 5) is 10.2. The summed E-state index contributed by atoms with van der Waals surface area (Å²) in [6.07, 6.45) is -0.236. The van der Waals surface area contributed by atoms with Gasteiger partial charge in [-0.3, -0.25) is 4.79 Å². The summed E-state index contributed by atoms with van der Waals surface area (Å²) in [5.74, 6) is 0.0718. The van der Waals surface area contributed by atoms with Crippen LogP contribution in [-0.2, 0) is 9.53 Å². The van der Waals surface area contributed by atoms with E-state index in [1.165, 1.54) is 14.0 Å². The van der Waals surface area contributed by atoms with Gasteiger partial charge < -0.3 is 4.74 Å². The Kier molecular flexibility index (Phi) is 13.4. The molecule has 0 bridgehead atoms. The number of methoxy groups -OCH3 is 1. The van der Waals surface area contributed by atoms with Crippen LogP contribution in [0.2, 0.25) is 0 Å². The molecule has 0 heterocycles. The molecule has 0 aromatic heterocycles. The molecule has 0 amide bonds. The lowest BCUT2D eigenvalue weighted by molar-refractivity contribution is -0.125. The molecule has 0 radical (unpaired) electrons. The van der Waals surface area contributed by atoms with E-state index in [1.807, 2.05) is 0 Å². The molecule has 0 saturated heterocycles. The van der Waals surface area contributed by atoms with Gasteiger partial charge in [-0.2, -0.15) is 0 Å². The molecule has 2 heteroatoms. The molecule has 0 fully saturated rings. The van der Waals surface area contributed by atoms with E-state index in [2.05, 4.69) is 4.74 Å². The van der Waals surface area contributed by atoms with Gasteiger partial charge in [-0.05, 0) is 13.8 Å². The average Bonchev–Trinajstić information content (AvgIpc) is 1.65. The Hall–Kier alpha value is -0.370. The van der Waals surface area contributed by atoms with E-state index >= 15 is 0 Å². The Balaban J connectivity index is -0.000000180. The number of ketones is 1.